The van der Waals surface area contributed by atoms with Crippen LogP contribution in [-0.4, -0.2) is 11.3 Å². The second kappa shape index (κ2) is 3.72. The van der Waals surface area contributed by atoms with Gasteiger partial charge in [0.25, 0.3) is 0 Å². The predicted molar refractivity (Wildman–Crippen MR) is 45.4 cm³/mol. The molecule has 0 aliphatic carbocycles. The first-order chi connectivity index (χ1) is 6.46. The molecule has 0 amide bonds. The number of aliphatic hydroxyl groups is 1. The number of aliphatic hydroxyl groups excluding tert-OH is 1. The molecule has 0 bridgehead atoms. The van der Waals surface area contributed by atoms with Gasteiger partial charge < -0.3 is 5.11 Å². The first kappa shape index (κ1) is 10.6. The van der Waals surface area contributed by atoms with Gasteiger partial charge in [0.2, 0.25) is 0 Å². The second-order valence-corrected chi connectivity index (χ2v) is 2.68. The highest BCUT2D eigenvalue weighted by Gasteiger charge is 2.40. The summed E-state index contributed by atoms with van der Waals surface area (Å²) in [6.45, 7) is 0. The van der Waals surface area contributed by atoms with E-state index in [0.717, 1.165) is 6.07 Å². The van der Waals surface area contributed by atoms with E-state index in [1.165, 1.54) is 18.2 Å². The van der Waals surface area contributed by atoms with Crippen LogP contribution in [0.1, 0.15) is 17.2 Å². The van der Waals surface area contributed by atoms with Gasteiger partial charge in [-0.25, -0.2) is 0 Å². The van der Waals surface area contributed by atoms with Crippen molar-refractivity contribution in [2.24, 2.45) is 0 Å². The Balaban J connectivity index is 3.14. The third-order valence-corrected chi connectivity index (χ3v) is 1.72. The van der Waals surface area contributed by atoms with E-state index in [1.807, 2.05) is 0 Å². The van der Waals surface area contributed by atoms with E-state index in [2.05, 4.69) is 5.92 Å². The monoisotopic (exact) mass is 200 g/mol. The normalized spacial score (nSPS) is 13.4. The molecule has 0 aliphatic rings. The first-order valence-electron chi connectivity index (χ1n) is 3.77. The van der Waals surface area contributed by atoms with Gasteiger partial charge in [-0.15, -0.1) is 6.42 Å². The van der Waals surface area contributed by atoms with Crippen molar-refractivity contribution in [3.05, 3.63) is 35.4 Å². The summed E-state index contributed by atoms with van der Waals surface area (Å²) in [7, 11) is 0. The third-order valence-electron chi connectivity index (χ3n) is 1.72. The summed E-state index contributed by atoms with van der Waals surface area (Å²) in [4.78, 5) is 0. The summed E-state index contributed by atoms with van der Waals surface area (Å²) in [6, 6.07) is 5.42. The molecule has 1 nitrogen and oxygen atoms in total. The SMILES string of the molecule is C#Cc1ccccc1[C@H](O)C(F)(F)F. The lowest BCUT2D eigenvalue weighted by Crippen LogP contribution is -2.21. The Bertz CT molecular complexity index is 362. The molecule has 1 rings (SSSR count). The molecule has 14 heavy (non-hydrogen) atoms. The van der Waals surface area contributed by atoms with E-state index in [9.17, 15) is 13.2 Å². The summed E-state index contributed by atoms with van der Waals surface area (Å²) < 4.78 is 36.4. The van der Waals surface area contributed by atoms with E-state index in [1.54, 1.807) is 0 Å². The number of terminal acetylenes is 1. The summed E-state index contributed by atoms with van der Waals surface area (Å²) >= 11 is 0. The Labute approximate surface area is 79.2 Å². The molecular weight excluding hydrogens is 193 g/mol. The highest BCUT2D eigenvalue weighted by atomic mass is 19.4. The van der Waals surface area contributed by atoms with Crippen LogP contribution in [0.15, 0.2) is 24.3 Å². The molecule has 1 aromatic rings. The number of benzene rings is 1. The van der Waals surface area contributed by atoms with Gasteiger partial charge in [0.1, 0.15) is 0 Å². The van der Waals surface area contributed by atoms with Crippen LogP contribution in [0.3, 0.4) is 0 Å². The zero-order chi connectivity index (χ0) is 10.8. The lowest BCUT2D eigenvalue weighted by atomic mass is 10.0. The molecule has 0 saturated carbocycles. The van der Waals surface area contributed by atoms with Gasteiger partial charge in [-0.05, 0) is 6.07 Å². The number of rotatable bonds is 1. The average molecular weight is 200 g/mol. The van der Waals surface area contributed by atoms with Crippen molar-refractivity contribution in [1.29, 1.82) is 0 Å². The van der Waals surface area contributed by atoms with Gasteiger partial charge >= 0.3 is 6.18 Å². The highest BCUT2D eigenvalue weighted by Crippen LogP contribution is 2.33. The van der Waals surface area contributed by atoms with E-state index >= 15 is 0 Å². The van der Waals surface area contributed by atoms with Crippen molar-refractivity contribution in [2.75, 3.05) is 0 Å². The number of hydrogen-bond donors (Lipinski definition) is 1. The molecule has 4 heteroatoms. The average Bonchev–Trinajstić information content (AvgIpc) is 2.15. The maximum atomic E-state index is 12.1. The minimum absolute atomic E-state index is 0.0531. The zero-order valence-corrected chi connectivity index (χ0v) is 7.05. The lowest BCUT2D eigenvalue weighted by molar-refractivity contribution is -0.206. The van der Waals surface area contributed by atoms with Crippen LogP contribution < -0.4 is 0 Å². The molecule has 74 valence electrons. The van der Waals surface area contributed by atoms with Crippen LogP contribution in [0, 0.1) is 12.3 Å². The Morgan fingerprint density at radius 2 is 1.86 bits per heavy atom. The summed E-state index contributed by atoms with van der Waals surface area (Å²) in [5.41, 5.74) is -0.236. The van der Waals surface area contributed by atoms with E-state index in [4.69, 9.17) is 11.5 Å². The van der Waals surface area contributed by atoms with Gasteiger partial charge in [-0.1, -0.05) is 24.1 Å². The molecular formula is C10H7F3O. The van der Waals surface area contributed by atoms with Gasteiger partial charge in [0.15, 0.2) is 6.10 Å². The van der Waals surface area contributed by atoms with Crippen LogP contribution in [0.4, 0.5) is 13.2 Å². The number of hydrogen-bond acceptors (Lipinski definition) is 1. The Hall–Kier alpha value is -1.47. The quantitative estimate of drug-likeness (QED) is 0.689. The van der Waals surface area contributed by atoms with Crippen LogP contribution in [-0.2, 0) is 0 Å². The van der Waals surface area contributed by atoms with Crippen LogP contribution in [0.25, 0.3) is 0 Å². The fraction of sp³-hybridized carbons (Fsp3) is 0.200. The molecule has 1 N–H and O–H groups in total. The van der Waals surface area contributed by atoms with Crippen LogP contribution >= 0.6 is 0 Å². The first-order valence-corrected chi connectivity index (χ1v) is 3.77. The molecule has 1 atom stereocenters. The second-order valence-electron chi connectivity index (χ2n) is 2.68. The largest absolute Gasteiger partial charge is 0.418 e. The molecule has 0 fully saturated rings. The fourth-order valence-electron chi connectivity index (χ4n) is 1.04. The van der Waals surface area contributed by atoms with E-state index < -0.39 is 12.3 Å². The predicted octanol–water partition coefficient (Wildman–Crippen LogP) is 2.26. The maximum Gasteiger partial charge on any atom is 0.418 e. The van der Waals surface area contributed by atoms with Gasteiger partial charge in [-0.3, -0.25) is 0 Å². The van der Waals surface area contributed by atoms with Crippen molar-refractivity contribution in [3.8, 4) is 12.3 Å². The number of halogens is 3. The Morgan fingerprint density at radius 1 is 1.29 bits per heavy atom. The topological polar surface area (TPSA) is 20.2 Å². The summed E-state index contributed by atoms with van der Waals surface area (Å²) in [6.07, 6.45) is -2.20. The number of alkyl halides is 3. The molecule has 0 unspecified atom stereocenters. The van der Waals surface area contributed by atoms with E-state index in [0.29, 0.717) is 0 Å². The Morgan fingerprint density at radius 3 is 2.36 bits per heavy atom. The summed E-state index contributed by atoms with van der Waals surface area (Å²) in [5, 5.41) is 8.95. The minimum Gasteiger partial charge on any atom is -0.379 e. The van der Waals surface area contributed by atoms with Crippen molar-refractivity contribution in [2.45, 2.75) is 12.3 Å². The minimum atomic E-state index is -4.69. The van der Waals surface area contributed by atoms with E-state index in [-0.39, 0.29) is 11.1 Å². The standard InChI is InChI=1S/C10H7F3O/c1-2-7-5-3-4-6-8(7)9(14)10(11,12)13/h1,3-6,9,14H/t9-/m0/s1. The fourth-order valence-corrected chi connectivity index (χ4v) is 1.04. The van der Waals surface area contributed by atoms with Gasteiger partial charge in [-0.2, -0.15) is 13.2 Å². The maximum absolute atomic E-state index is 12.1. The molecule has 0 radical (unpaired) electrons. The Kier molecular flexibility index (Phi) is 2.82. The highest BCUT2D eigenvalue weighted by molar-refractivity contribution is 5.41. The molecule has 0 spiro atoms. The molecule has 1 aromatic carbocycles. The third kappa shape index (κ3) is 2.06. The molecule has 0 saturated heterocycles. The lowest BCUT2D eigenvalue weighted by Gasteiger charge is -2.15. The van der Waals surface area contributed by atoms with Gasteiger partial charge in [0, 0.05) is 11.1 Å². The summed E-state index contributed by atoms with van der Waals surface area (Å²) in [5.74, 6) is 2.09. The van der Waals surface area contributed by atoms with Crippen molar-refractivity contribution in [1.82, 2.24) is 0 Å². The van der Waals surface area contributed by atoms with Crippen LogP contribution in [0.5, 0.6) is 0 Å². The molecule has 0 aromatic heterocycles. The zero-order valence-electron chi connectivity index (χ0n) is 7.05. The molecule has 0 aliphatic heterocycles. The van der Waals surface area contributed by atoms with Crippen molar-refractivity contribution < 1.29 is 18.3 Å². The van der Waals surface area contributed by atoms with Crippen molar-refractivity contribution in [3.63, 3.8) is 0 Å². The molecule has 0 heterocycles. The van der Waals surface area contributed by atoms with Gasteiger partial charge in [0.05, 0.1) is 0 Å². The van der Waals surface area contributed by atoms with Crippen LogP contribution in [0.2, 0.25) is 0 Å². The van der Waals surface area contributed by atoms with Crippen molar-refractivity contribution >= 4 is 0 Å². The smallest absolute Gasteiger partial charge is 0.379 e.